The minimum atomic E-state index is -0.480. The second-order valence-corrected chi connectivity index (χ2v) is 5.52. The normalized spacial score (nSPS) is 10.4. The third-order valence-electron chi connectivity index (χ3n) is 2.47. The highest BCUT2D eigenvalue weighted by Gasteiger charge is 2.15. The van der Waals surface area contributed by atoms with E-state index in [2.05, 4.69) is 17.2 Å². The average molecular weight is 274 g/mol. The van der Waals surface area contributed by atoms with E-state index in [-0.39, 0.29) is 0 Å². The van der Waals surface area contributed by atoms with Gasteiger partial charge in [-0.1, -0.05) is 24.0 Å². The molecule has 0 aliphatic heterocycles. The summed E-state index contributed by atoms with van der Waals surface area (Å²) in [7, 11) is 0. The van der Waals surface area contributed by atoms with Crippen LogP contribution in [0, 0.1) is 18.8 Å². The van der Waals surface area contributed by atoms with Gasteiger partial charge < -0.3 is 15.8 Å². The molecule has 0 unspecified atom stereocenters. The summed E-state index contributed by atoms with van der Waals surface area (Å²) in [6, 6.07) is 5.76. The maximum Gasteiger partial charge on any atom is 0.407 e. The van der Waals surface area contributed by atoms with E-state index < -0.39 is 11.7 Å². The highest BCUT2D eigenvalue weighted by molar-refractivity contribution is 5.67. The van der Waals surface area contributed by atoms with E-state index in [9.17, 15) is 4.79 Å². The molecule has 4 heteroatoms. The molecule has 0 saturated carbocycles. The number of nitrogens with one attached hydrogen (secondary N) is 1. The van der Waals surface area contributed by atoms with Crippen LogP contribution in [0.25, 0.3) is 0 Å². The van der Waals surface area contributed by atoms with Crippen molar-refractivity contribution in [2.45, 2.75) is 39.7 Å². The summed E-state index contributed by atoms with van der Waals surface area (Å²) in [5.74, 6) is 6.00. The Kier molecular flexibility index (Phi) is 5.45. The number of nitrogen functional groups attached to an aromatic ring is 1. The molecule has 1 rings (SSSR count). The molecule has 1 amide bonds. The number of hydrogen-bond donors (Lipinski definition) is 2. The topological polar surface area (TPSA) is 64.3 Å². The molecular formula is C16H22N2O2. The van der Waals surface area contributed by atoms with Crippen molar-refractivity contribution in [2.75, 3.05) is 12.3 Å². The summed E-state index contributed by atoms with van der Waals surface area (Å²) < 4.78 is 5.12. The lowest BCUT2D eigenvalue weighted by Crippen LogP contribution is -2.32. The fraction of sp³-hybridized carbons (Fsp3) is 0.438. The van der Waals surface area contributed by atoms with Gasteiger partial charge in [-0.3, -0.25) is 0 Å². The first-order valence-corrected chi connectivity index (χ1v) is 6.60. The number of benzene rings is 1. The van der Waals surface area contributed by atoms with Crippen LogP contribution in [-0.2, 0) is 4.74 Å². The third kappa shape index (κ3) is 5.66. The first kappa shape index (κ1) is 15.9. The number of rotatable bonds is 2. The van der Waals surface area contributed by atoms with E-state index in [4.69, 9.17) is 10.5 Å². The van der Waals surface area contributed by atoms with Crippen molar-refractivity contribution >= 4 is 11.8 Å². The molecule has 0 atom stereocenters. The summed E-state index contributed by atoms with van der Waals surface area (Å²) in [6.07, 6.45) is 0.126. The number of alkyl carbamates (subject to hydrolysis) is 1. The van der Waals surface area contributed by atoms with E-state index >= 15 is 0 Å². The minimum absolute atomic E-state index is 0.422. The van der Waals surface area contributed by atoms with Crippen LogP contribution in [0.15, 0.2) is 18.2 Å². The van der Waals surface area contributed by atoms with Gasteiger partial charge in [0.05, 0.1) is 5.69 Å². The molecule has 1 aromatic rings. The molecule has 20 heavy (non-hydrogen) atoms. The number of aryl methyl sites for hydroxylation is 1. The van der Waals surface area contributed by atoms with Gasteiger partial charge in [0.2, 0.25) is 0 Å². The Morgan fingerprint density at radius 3 is 2.75 bits per heavy atom. The van der Waals surface area contributed by atoms with Crippen LogP contribution in [0.1, 0.15) is 38.3 Å². The summed E-state index contributed by atoms with van der Waals surface area (Å²) in [5, 5.41) is 2.66. The molecule has 1 aromatic carbocycles. The first-order chi connectivity index (χ1) is 9.29. The molecule has 3 N–H and O–H groups in total. The van der Waals surface area contributed by atoms with Gasteiger partial charge in [-0.05, 0) is 39.3 Å². The average Bonchev–Trinajstić information content (AvgIpc) is 2.31. The van der Waals surface area contributed by atoms with Crippen LogP contribution in [0.3, 0.4) is 0 Å². The zero-order valence-corrected chi connectivity index (χ0v) is 12.5. The van der Waals surface area contributed by atoms with E-state index in [0.29, 0.717) is 18.7 Å². The van der Waals surface area contributed by atoms with Crippen LogP contribution in [0.5, 0.6) is 0 Å². The molecule has 0 fully saturated rings. The lowest BCUT2D eigenvalue weighted by Gasteiger charge is -2.19. The van der Waals surface area contributed by atoms with Gasteiger partial charge in [0, 0.05) is 18.5 Å². The van der Waals surface area contributed by atoms with Crippen molar-refractivity contribution in [1.82, 2.24) is 5.32 Å². The smallest absolute Gasteiger partial charge is 0.407 e. The van der Waals surface area contributed by atoms with Crippen molar-refractivity contribution in [3.05, 3.63) is 29.3 Å². The molecule has 0 aromatic heterocycles. The Balaban J connectivity index is 2.41. The second kappa shape index (κ2) is 6.85. The quantitative estimate of drug-likeness (QED) is 0.495. The molecule has 0 aliphatic carbocycles. The van der Waals surface area contributed by atoms with Crippen molar-refractivity contribution in [3.8, 4) is 11.8 Å². The number of ether oxygens (including phenoxy) is 1. The van der Waals surface area contributed by atoms with E-state index in [1.165, 1.54) is 0 Å². The van der Waals surface area contributed by atoms with Gasteiger partial charge >= 0.3 is 6.09 Å². The third-order valence-corrected chi connectivity index (χ3v) is 2.47. The van der Waals surface area contributed by atoms with Crippen LogP contribution >= 0.6 is 0 Å². The van der Waals surface area contributed by atoms with E-state index in [1.54, 1.807) is 0 Å². The maximum absolute atomic E-state index is 11.4. The predicted molar refractivity (Wildman–Crippen MR) is 81.3 cm³/mol. The van der Waals surface area contributed by atoms with Crippen LogP contribution in [-0.4, -0.2) is 18.2 Å². The summed E-state index contributed by atoms with van der Waals surface area (Å²) >= 11 is 0. The lowest BCUT2D eigenvalue weighted by molar-refractivity contribution is 0.0529. The molecule has 0 heterocycles. The molecule has 0 aliphatic rings. The zero-order valence-electron chi connectivity index (χ0n) is 12.5. The number of nitrogens with two attached hydrogens (primary N) is 1. The SMILES string of the molecule is Cc1cccc(C#CCCNC(=O)OC(C)(C)C)c1N. The van der Waals surface area contributed by atoms with Gasteiger partial charge in [-0.2, -0.15) is 0 Å². The molecule has 108 valence electrons. The highest BCUT2D eigenvalue weighted by atomic mass is 16.6. The Hall–Kier alpha value is -2.15. The Bertz CT molecular complexity index is 534. The fourth-order valence-electron chi connectivity index (χ4n) is 1.49. The summed E-state index contributed by atoms with van der Waals surface area (Å²) in [4.78, 5) is 11.4. The Morgan fingerprint density at radius 1 is 1.40 bits per heavy atom. The van der Waals surface area contributed by atoms with Crippen LogP contribution < -0.4 is 11.1 Å². The molecule has 4 nitrogen and oxygen atoms in total. The summed E-state index contributed by atoms with van der Waals surface area (Å²) in [6.45, 7) is 7.88. The van der Waals surface area contributed by atoms with Gasteiger partial charge in [0.15, 0.2) is 0 Å². The molecule has 0 saturated heterocycles. The number of para-hydroxylation sites is 1. The minimum Gasteiger partial charge on any atom is -0.444 e. The standard InChI is InChI=1S/C16H22N2O2/c1-12-8-7-10-13(14(12)17)9-5-6-11-18-15(19)20-16(2,3)4/h7-8,10H,6,11,17H2,1-4H3,(H,18,19). The molecule has 0 spiro atoms. The van der Waals surface area contributed by atoms with E-state index in [1.807, 2.05) is 45.9 Å². The van der Waals surface area contributed by atoms with Crippen molar-refractivity contribution in [1.29, 1.82) is 0 Å². The van der Waals surface area contributed by atoms with Gasteiger partial charge in [0.25, 0.3) is 0 Å². The van der Waals surface area contributed by atoms with Gasteiger partial charge in [-0.15, -0.1) is 0 Å². The fourth-order valence-corrected chi connectivity index (χ4v) is 1.49. The monoisotopic (exact) mass is 274 g/mol. The maximum atomic E-state index is 11.4. The largest absolute Gasteiger partial charge is 0.444 e. The number of carbonyl (C=O) groups excluding carboxylic acids is 1. The predicted octanol–water partition coefficient (Wildman–Crippen LogP) is 2.84. The summed E-state index contributed by atoms with van der Waals surface area (Å²) in [5.41, 5.74) is 7.99. The number of hydrogen-bond acceptors (Lipinski definition) is 3. The Labute approximate surface area is 120 Å². The van der Waals surface area contributed by atoms with E-state index in [0.717, 1.165) is 11.1 Å². The molecular weight excluding hydrogens is 252 g/mol. The highest BCUT2D eigenvalue weighted by Crippen LogP contribution is 2.14. The number of amides is 1. The van der Waals surface area contributed by atoms with Crippen molar-refractivity contribution in [3.63, 3.8) is 0 Å². The zero-order chi connectivity index (χ0) is 15.2. The molecule has 0 radical (unpaired) electrons. The molecule has 0 bridgehead atoms. The van der Waals surface area contributed by atoms with Crippen molar-refractivity contribution in [2.24, 2.45) is 0 Å². The van der Waals surface area contributed by atoms with Crippen molar-refractivity contribution < 1.29 is 9.53 Å². The second-order valence-electron chi connectivity index (χ2n) is 5.52. The first-order valence-electron chi connectivity index (χ1n) is 6.60. The van der Waals surface area contributed by atoms with Crippen LogP contribution in [0.2, 0.25) is 0 Å². The van der Waals surface area contributed by atoms with Gasteiger partial charge in [0.1, 0.15) is 5.60 Å². The lowest BCUT2D eigenvalue weighted by atomic mass is 10.1. The Morgan fingerprint density at radius 2 is 2.10 bits per heavy atom. The van der Waals surface area contributed by atoms with Gasteiger partial charge in [-0.25, -0.2) is 4.79 Å². The number of anilines is 1. The number of carbonyl (C=O) groups is 1. The van der Waals surface area contributed by atoms with Crippen LogP contribution in [0.4, 0.5) is 10.5 Å².